The van der Waals surface area contributed by atoms with Crippen molar-refractivity contribution in [1.82, 2.24) is 5.32 Å². The standard InChI is InChI=1S/C10H23NO/c1-4-7-10(11-3)8-6-9-12-5-2/h10-11H,4-9H2,1-3H3. The molecule has 0 aliphatic heterocycles. The van der Waals surface area contributed by atoms with Crippen LogP contribution in [-0.2, 0) is 4.74 Å². The highest BCUT2D eigenvalue weighted by molar-refractivity contribution is 4.62. The van der Waals surface area contributed by atoms with Gasteiger partial charge in [0.2, 0.25) is 0 Å². The Labute approximate surface area is 76.7 Å². The fourth-order valence-corrected chi connectivity index (χ4v) is 1.36. The zero-order valence-electron chi connectivity index (χ0n) is 8.73. The molecule has 0 bridgehead atoms. The van der Waals surface area contributed by atoms with Crippen LogP contribution in [0.25, 0.3) is 0 Å². The summed E-state index contributed by atoms with van der Waals surface area (Å²) in [4.78, 5) is 0. The van der Waals surface area contributed by atoms with E-state index in [0.29, 0.717) is 6.04 Å². The summed E-state index contributed by atoms with van der Waals surface area (Å²) in [5.74, 6) is 0. The predicted molar refractivity (Wildman–Crippen MR) is 53.5 cm³/mol. The minimum Gasteiger partial charge on any atom is -0.382 e. The van der Waals surface area contributed by atoms with Crippen LogP contribution < -0.4 is 5.32 Å². The highest BCUT2D eigenvalue weighted by Gasteiger charge is 2.02. The van der Waals surface area contributed by atoms with Gasteiger partial charge in [0.05, 0.1) is 0 Å². The molecule has 0 aliphatic rings. The zero-order valence-corrected chi connectivity index (χ0v) is 8.73. The van der Waals surface area contributed by atoms with E-state index >= 15 is 0 Å². The SMILES string of the molecule is CCCC(CCCOCC)NC. The molecule has 12 heavy (non-hydrogen) atoms. The summed E-state index contributed by atoms with van der Waals surface area (Å²) < 4.78 is 5.28. The van der Waals surface area contributed by atoms with Crippen molar-refractivity contribution in [3.63, 3.8) is 0 Å². The fraction of sp³-hybridized carbons (Fsp3) is 1.00. The van der Waals surface area contributed by atoms with E-state index < -0.39 is 0 Å². The Morgan fingerprint density at radius 3 is 2.50 bits per heavy atom. The molecule has 0 rings (SSSR count). The lowest BCUT2D eigenvalue weighted by Crippen LogP contribution is -2.25. The van der Waals surface area contributed by atoms with Crippen LogP contribution in [0.4, 0.5) is 0 Å². The molecule has 0 aromatic heterocycles. The van der Waals surface area contributed by atoms with Gasteiger partial charge in [-0.25, -0.2) is 0 Å². The second kappa shape index (κ2) is 9.01. The summed E-state index contributed by atoms with van der Waals surface area (Å²) in [5, 5.41) is 3.32. The largest absolute Gasteiger partial charge is 0.382 e. The van der Waals surface area contributed by atoms with Crippen molar-refractivity contribution in [2.75, 3.05) is 20.3 Å². The summed E-state index contributed by atoms with van der Waals surface area (Å²) in [5.41, 5.74) is 0. The van der Waals surface area contributed by atoms with Gasteiger partial charge in [0.25, 0.3) is 0 Å². The molecule has 0 heterocycles. The van der Waals surface area contributed by atoms with Crippen LogP contribution in [0.3, 0.4) is 0 Å². The lowest BCUT2D eigenvalue weighted by molar-refractivity contribution is 0.140. The Morgan fingerprint density at radius 1 is 1.25 bits per heavy atom. The molecule has 0 radical (unpaired) electrons. The topological polar surface area (TPSA) is 21.3 Å². The van der Waals surface area contributed by atoms with Gasteiger partial charge in [-0.3, -0.25) is 0 Å². The molecule has 2 heteroatoms. The zero-order chi connectivity index (χ0) is 9.23. The summed E-state index contributed by atoms with van der Waals surface area (Å²) in [7, 11) is 2.04. The van der Waals surface area contributed by atoms with Gasteiger partial charge in [0, 0.05) is 19.3 Å². The summed E-state index contributed by atoms with van der Waals surface area (Å²) >= 11 is 0. The number of rotatable bonds is 8. The van der Waals surface area contributed by atoms with E-state index in [4.69, 9.17) is 4.74 Å². The molecule has 0 saturated heterocycles. The first kappa shape index (κ1) is 11.9. The van der Waals surface area contributed by atoms with Crippen LogP contribution >= 0.6 is 0 Å². The maximum Gasteiger partial charge on any atom is 0.0466 e. The van der Waals surface area contributed by atoms with Crippen molar-refractivity contribution in [2.24, 2.45) is 0 Å². The molecule has 0 spiro atoms. The first-order valence-corrected chi connectivity index (χ1v) is 5.10. The van der Waals surface area contributed by atoms with Crippen LogP contribution in [0, 0.1) is 0 Å². The molecule has 0 fully saturated rings. The summed E-state index contributed by atoms with van der Waals surface area (Å²) in [6.45, 7) is 6.03. The highest BCUT2D eigenvalue weighted by atomic mass is 16.5. The van der Waals surface area contributed by atoms with Crippen molar-refractivity contribution in [2.45, 2.75) is 45.6 Å². The molecular weight excluding hydrogens is 150 g/mol. The normalized spacial score (nSPS) is 13.2. The van der Waals surface area contributed by atoms with E-state index in [1.807, 2.05) is 14.0 Å². The molecule has 0 saturated carbocycles. The Balaban J connectivity index is 3.19. The van der Waals surface area contributed by atoms with Crippen molar-refractivity contribution < 1.29 is 4.74 Å². The van der Waals surface area contributed by atoms with Gasteiger partial charge in [0.1, 0.15) is 0 Å². The Bertz CT molecular complexity index is 85.9. The summed E-state index contributed by atoms with van der Waals surface area (Å²) in [6, 6.07) is 0.690. The second-order valence-electron chi connectivity index (χ2n) is 3.11. The lowest BCUT2D eigenvalue weighted by Gasteiger charge is -2.14. The average Bonchev–Trinajstić information content (AvgIpc) is 2.10. The second-order valence-corrected chi connectivity index (χ2v) is 3.11. The van der Waals surface area contributed by atoms with E-state index in [0.717, 1.165) is 13.2 Å². The number of hydrogen-bond donors (Lipinski definition) is 1. The molecular formula is C10H23NO. The molecule has 1 atom stereocenters. The third kappa shape index (κ3) is 6.62. The first-order valence-electron chi connectivity index (χ1n) is 5.10. The quantitative estimate of drug-likeness (QED) is 0.568. The van der Waals surface area contributed by atoms with Gasteiger partial charge >= 0.3 is 0 Å². The van der Waals surface area contributed by atoms with Gasteiger partial charge in [-0.15, -0.1) is 0 Å². The molecule has 0 aliphatic carbocycles. The fourth-order valence-electron chi connectivity index (χ4n) is 1.36. The van der Waals surface area contributed by atoms with Crippen LogP contribution in [0.15, 0.2) is 0 Å². The van der Waals surface area contributed by atoms with Gasteiger partial charge < -0.3 is 10.1 Å². The van der Waals surface area contributed by atoms with E-state index in [1.54, 1.807) is 0 Å². The van der Waals surface area contributed by atoms with Gasteiger partial charge in [-0.2, -0.15) is 0 Å². The van der Waals surface area contributed by atoms with E-state index in [9.17, 15) is 0 Å². The van der Waals surface area contributed by atoms with E-state index in [1.165, 1.54) is 25.7 Å². The maximum atomic E-state index is 5.28. The van der Waals surface area contributed by atoms with Crippen LogP contribution in [0.1, 0.15) is 39.5 Å². The molecule has 1 unspecified atom stereocenters. The Hall–Kier alpha value is -0.0800. The van der Waals surface area contributed by atoms with Crippen LogP contribution in [0.5, 0.6) is 0 Å². The third-order valence-electron chi connectivity index (χ3n) is 2.09. The molecule has 74 valence electrons. The van der Waals surface area contributed by atoms with E-state index in [-0.39, 0.29) is 0 Å². The van der Waals surface area contributed by atoms with Crippen molar-refractivity contribution >= 4 is 0 Å². The van der Waals surface area contributed by atoms with E-state index in [2.05, 4.69) is 12.2 Å². The predicted octanol–water partition coefficient (Wildman–Crippen LogP) is 2.19. The molecule has 0 aromatic rings. The van der Waals surface area contributed by atoms with Gasteiger partial charge in [-0.05, 0) is 33.2 Å². The van der Waals surface area contributed by atoms with Crippen molar-refractivity contribution in [3.05, 3.63) is 0 Å². The number of ether oxygens (including phenoxy) is 1. The molecule has 2 nitrogen and oxygen atoms in total. The van der Waals surface area contributed by atoms with Crippen LogP contribution in [-0.4, -0.2) is 26.3 Å². The lowest BCUT2D eigenvalue weighted by atomic mass is 10.1. The van der Waals surface area contributed by atoms with Crippen molar-refractivity contribution in [1.29, 1.82) is 0 Å². The van der Waals surface area contributed by atoms with Crippen LogP contribution in [0.2, 0.25) is 0 Å². The Kier molecular flexibility index (Phi) is 8.95. The summed E-state index contributed by atoms with van der Waals surface area (Å²) in [6.07, 6.45) is 4.96. The smallest absolute Gasteiger partial charge is 0.0466 e. The number of hydrogen-bond acceptors (Lipinski definition) is 2. The van der Waals surface area contributed by atoms with Crippen molar-refractivity contribution in [3.8, 4) is 0 Å². The Morgan fingerprint density at radius 2 is 2.00 bits per heavy atom. The third-order valence-corrected chi connectivity index (χ3v) is 2.09. The monoisotopic (exact) mass is 173 g/mol. The first-order chi connectivity index (χ1) is 5.85. The minimum absolute atomic E-state index is 0.690. The molecule has 0 amide bonds. The number of nitrogens with one attached hydrogen (secondary N) is 1. The minimum atomic E-state index is 0.690. The average molecular weight is 173 g/mol. The van der Waals surface area contributed by atoms with Gasteiger partial charge in [-0.1, -0.05) is 13.3 Å². The molecule has 1 N–H and O–H groups in total. The maximum absolute atomic E-state index is 5.28. The van der Waals surface area contributed by atoms with Gasteiger partial charge in [0.15, 0.2) is 0 Å². The highest BCUT2D eigenvalue weighted by Crippen LogP contribution is 2.03. The molecule has 0 aromatic carbocycles.